The fourth-order valence-electron chi connectivity index (χ4n) is 9.34. The summed E-state index contributed by atoms with van der Waals surface area (Å²) in [6, 6.07) is 68.4. The lowest BCUT2D eigenvalue weighted by Crippen LogP contribution is -2.15. The summed E-state index contributed by atoms with van der Waals surface area (Å²) in [6.45, 7) is 13.8. The Morgan fingerprint density at radius 1 is 0.323 bits per heavy atom. The van der Waals surface area contributed by atoms with E-state index in [-0.39, 0.29) is 10.8 Å². The first kappa shape index (κ1) is 38.7. The zero-order valence-corrected chi connectivity index (χ0v) is 37.7. The van der Waals surface area contributed by atoms with Crippen LogP contribution < -0.4 is 9.80 Å². The van der Waals surface area contributed by atoms with E-state index in [2.05, 4.69) is 233 Å². The summed E-state index contributed by atoms with van der Waals surface area (Å²) >= 11 is 3.70. The summed E-state index contributed by atoms with van der Waals surface area (Å²) in [5.74, 6) is 0. The molecule has 0 saturated carbocycles. The lowest BCUT2D eigenvalue weighted by Gasteiger charge is -2.34. The first-order valence-electron chi connectivity index (χ1n) is 21.6. The van der Waals surface area contributed by atoms with Gasteiger partial charge in [-0.25, -0.2) is 0 Å². The van der Waals surface area contributed by atoms with Gasteiger partial charge in [-0.05, 0) is 139 Å². The molecule has 2 aliphatic rings. The van der Waals surface area contributed by atoms with Gasteiger partial charge in [0.15, 0.2) is 0 Å². The number of para-hydroxylation sites is 4. The van der Waals surface area contributed by atoms with Gasteiger partial charge >= 0.3 is 0 Å². The van der Waals surface area contributed by atoms with Crippen LogP contribution in [0.15, 0.2) is 202 Å². The van der Waals surface area contributed by atoms with E-state index in [1.54, 1.807) is 0 Å². The zero-order valence-electron chi connectivity index (χ0n) is 36.0. The molecule has 0 fully saturated rings. The number of fused-ring (bicyclic) bond motifs is 6. The van der Waals surface area contributed by atoms with E-state index in [4.69, 9.17) is 0 Å². The molecule has 0 radical (unpaired) electrons. The summed E-state index contributed by atoms with van der Waals surface area (Å²) in [5.41, 5.74) is 14.8. The van der Waals surface area contributed by atoms with Crippen LogP contribution in [0.2, 0.25) is 0 Å². The molecule has 2 aliphatic heterocycles. The fraction of sp³-hybridized carbons (Fsp3) is 0.138. The molecule has 0 amide bonds. The largest absolute Gasteiger partial charge is 0.308 e. The highest BCUT2D eigenvalue weighted by Crippen LogP contribution is 2.55. The van der Waals surface area contributed by atoms with Gasteiger partial charge in [0.25, 0.3) is 0 Å². The SMILES string of the molecule is CC(C)(C)c1ccc(-c2c3ccc(N4c5ccccc5Sc5ccccc54)cc3c(-c3ccc(C(C)(C)C)cc3)c3ccc(N4c5ccccc5Sc5ccccc54)cc23)cc1. The van der Waals surface area contributed by atoms with Crippen molar-refractivity contribution in [1.82, 2.24) is 0 Å². The Morgan fingerprint density at radius 3 is 0.935 bits per heavy atom. The quantitative estimate of drug-likeness (QED) is 0.163. The second kappa shape index (κ2) is 14.7. The zero-order chi connectivity index (χ0) is 42.3. The first-order chi connectivity index (χ1) is 30.0. The predicted molar refractivity (Wildman–Crippen MR) is 267 cm³/mol. The maximum absolute atomic E-state index is 2.46. The van der Waals surface area contributed by atoms with Crippen molar-refractivity contribution in [2.75, 3.05) is 9.80 Å². The smallest absolute Gasteiger partial charge is 0.0601 e. The molecule has 0 N–H and O–H groups in total. The number of benzene rings is 9. The maximum atomic E-state index is 2.46. The van der Waals surface area contributed by atoms with E-state index in [1.165, 1.54) is 97.3 Å². The highest BCUT2D eigenvalue weighted by Gasteiger charge is 2.28. The maximum Gasteiger partial charge on any atom is 0.0601 e. The molecule has 0 bridgehead atoms. The molecule has 0 spiro atoms. The highest BCUT2D eigenvalue weighted by molar-refractivity contribution is 8.00. The van der Waals surface area contributed by atoms with Gasteiger partial charge in [-0.15, -0.1) is 0 Å². The number of rotatable bonds is 4. The average molecular weight is 837 g/mol. The van der Waals surface area contributed by atoms with Gasteiger partial charge in [0.05, 0.1) is 22.7 Å². The van der Waals surface area contributed by atoms with E-state index in [1.807, 2.05) is 23.5 Å². The molecule has 62 heavy (non-hydrogen) atoms. The molecule has 0 unspecified atom stereocenters. The van der Waals surface area contributed by atoms with Gasteiger partial charge < -0.3 is 9.80 Å². The van der Waals surface area contributed by atoms with Crippen LogP contribution in [0.25, 0.3) is 43.8 Å². The Kier molecular flexibility index (Phi) is 9.19. The van der Waals surface area contributed by atoms with Crippen molar-refractivity contribution >= 4 is 79.2 Å². The van der Waals surface area contributed by atoms with E-state index in [0.717, 1.165) is 11.4 Å². The third-order valence-electron chi connectivity index (χ3n) is 12.5. The Morgan fingerprint density at radius 2 is 0.629 bits per heavy atom. The molecule has 302 valence electrons. The topological polar surface area (TPSA) is 6.48 Å². The summed E-state index contributed by atoms with van der Waals surface area (Å²) < 4.78 is 0. The van der Waals surface area contributed by atoms with Crippen LogP contribution in [-0.2, 0) is 10.8 Å². The Hall–Kier alpha value is -6.20. The van der Waals surface area contributed by atoms with Crippen molar-refractivity contribution in [2.45, 2.75) is 72.0 Å². The molecule has 11 rings (SSSR count). The Balaban J connectivity index is 1.23. The van der Waals surface area contributed by atoms with Gasteiger partial charge in [-0.3, -0.25) is 0 Å². The lowest BCUT2D eigenvalue weighted by atomic mass is 9.82. The van der Waals surface area contributed by atoms with Crippen LogP contribution >= 0.6 is 23.5 Å². The van der Waals surface area contributed by atoms with Crippen molar-refractivity contribution < 1.29 is 0 Å². The third kappa shape index (κ3) is 6.51. The minimum Gasteiger partial charge on any atom is -0.308 e. The van der Waals surface area contributed by atoms with Crippen molar-refractivity contribution in [3.63, 3.8) is 0 Å². The van der Waals surface area contributed by atoms with Crippen molar-refractivity contribution in [3.05, 3.63) is 193 Å². The second-order valence-electron chi connectivity index (χ2n) is 18.6. The van der Waals surface area contributed by atoms with Gasteiger partial charge in [-0.1, -0.05) is 174 Å². The van der Waals surface area contributed by atoms with Crippen LogP contribution in [0.1, 0.15) is 52.7 Å². The van der Waals surface area contributed by atoms with E-state index in [9.17, 15) is 0 Å². The van der Waals surface area contributed by atoms with E-state index >= 15 is 0 Å². The predicted octanol–water partition coefficient (Wildman–Crippen LogP) is 17.8. The van der Waals surface area contributed by atoms with Gasteiger partial charge in [0.1, 0.15) is 0 Å². The summed E-state index contributed by atoms with van der Waals surface area (Å²) in [5, 5.41) is 4.94. The molecule has 9 aromatic carbocycles. The van der Waals surface area contributed by atoms with Crippen LogP contribution in [0.3, 0.4) is 0 Å². The second-order valence-corrected chi connectivity index (χ2v) is 20.8. The fourth-order valence-corrected chi connectivity index (χ4v) is 11.5. The number of anilines is 6. The normalized spacial score (nSPS) is 13.5. The Bertz CT molecular complexity index is 2900. The Labute approximate surface area is 374 Å². The van der Waals surface area contributed by atoms with Crippen LogP contribution in [0.5, 0.6) is 0 Å². The molecule has 2 heterocycles. The standard InChI is InChI=1S/C58H48N2S2/c1-57(2,3)39-27-23-37(24-28-39)55-43-33-31-42(60-49-17-9-13-21-53(49)62-54-22-14-10-18-50(54)60)36-46(43)56(38-25-29-40(30-26-38)58(4,5)6)44-34-32-41(35-45(44)55)59-47-15-7-11-19-51(47)61-52-20-12-8-16-48(52)59/h7-36H,1-6H3. The molecular weight excluding hydrogens is 789 g/mol. The third-order valence-corrected chi connectivity index (χ3v) is 14.8. The van der Waals surface area contributed by atoms with Crippen molar-refractivity contribution in [3.8, 4) is 22.3 Å². The molecule has 2 nitrogen and oxygen atoms in total. The molecule has 0 aromatic heterocycles. The number of hydrogen-bond acceptors (Lipinski definition) is 4. The first-order valence-corrected chi connectivity index (χ1v) is 23.2. The van der Waals surface area contributed by atoms with Gasteiger partial charge in [0, 0.05) is 31.0 Å². The van der Waals surface area contributed by atoms with E-state index < -0.39 is 0 Å². The number of nitrogens with zero attached hydrogens (tertiary/aromatic N) is 2. The molecular formula is C58H48N2S2. The lowest BCUT2D eigenvalue weighted by molar-refractivity contribution is 0.590. The monoisotopic (exact) mass is 836 g/mol. The minimum atomic E-state index is 0.0418. The van der Waals surface area contributed by atoms with Crippen molar-refractivity contribution in [1.29, 1.82) is 0 Å². The molecule has 9 aromatic rings. The molecule has 4 heteroatoms. The van der Waals surface area contributed by atoms with Gasteiger partial charge in [-0.2, -0.15) is 0 Å². The minimum absolute atomic E-state index is 0.0418. The molecule has 0 atom stereocenters. The summed E-state index contributed by atoms with van der Waals surface area (Å²) in [7, 11) is 0. The van der Waals surface area contributed by atoms with E-state index in [0.29, 0.717) is 0 Å². The number of hydrogen-bond donors (Lipinski definition) is 0. The summed E-state index contributed by atoms with van der Waals surface area (Å²) in [6.07, 6.45) is 0. The molecule has 0 aliphatic carbocycles. The molecule has 0 saturated heterocycles. The van der Waals surface area contributed by atoms with Crippen LogP contribution in [-0.4, -0.2) is 0 Å². The van der Waals surface area contributed by atoms with Crippen molar-refractivity contribution in [2.24, 2.45) is 0 Å². The highest BCUT2D eigenvalue weighted by atomic mass is 32.2. The summed E-state index contributed by atoms with van der Waals surface area (Å²) in [4.78, 5) is 9.95. The van der Waals surface area contributed by atoms with Crippen LogP contribution in [0.4, 0.5) is 34.1 Å². The van der Waals surface area contributed by atoms with Crippen LogP contribution in [0, 0.1) is 0 Å². The van der Waals surface area contributed by atoms with Gasteiger partial charge in [0.2, 0.25) is 0 Å². The average Bonchev–Trinajstić information content (AvgIpc) is 3.28.